The molecule has 22 heavy (non-hydrogen) atoms. The Bertz CT molecular complexity index is 464. The molecule has 0 aliphatic heterocycles. The van der Waals surface area contributed by atoms with Crippen molar-refractivity contribution in [3.8, 4) is 0 Å². The molecule has 0 bridgehead atoms. The van der Waals surface area contributed by atoms with E-state index in [0.717, 1.165) is 25.4 Å². The second-order valence-electron chi connectivity index (χ2n) is 4.83. The maximum absolute atomic E-state index is 11.9. The second-order valence-corrected chi connectivity index (χ2v) is 5.93. The van der Waals surface area contributed by atoms with E-state index < -0.39 is 12.0 Å². The highest BCUT2D eigenvalue weighted by Gasteiger charge is 2.21. The van der Waals surface area contributed by atoms with Crippen LogP contribution in [0.1, 0.15) is 25.5 Å². The zero-order chi connectivity index (χ0) is 16.4. The van der Waals surface area contributed by atoms with E-state index in [4.69, 9.17) is 0 Å². The van der Waals surface area contributed by atoms with E-state index in [0.29, 0.717) is 5.56 Å². The monoisotopic (exact) mass is 324 g/mol. The molecule has 1 aromatic carbocycles. The maximum Gasteiger partial charge on any atom is 0.330 e. The molecule has 0 aliphatic rings. The number of nitrogens with one attached hydrogen (secondary N) is 1. The minimum Gasteiger partial charge on any atom is -0.479 e. The Hall–Kier alpha value is -1.53. The molecule has 0 spiro atoms. The van der Waals surface area contributed by atoms with E-state index in [1.807, 2.05) is 6.07 Å². The third kappa shape index (κ3) is 6.49. The van der Waals surface area contributed by atoms with Crippen LogP contribution in [0.2, 0.25) is 0 Å². The van der Waals surface area contributed by atoms with Crippen LogP contribution in [0.5, 0.6) is 0 Å². The number of thioether (sulfide) groups is 1. The van der Waals surface area contributed by atoms with E-state index in [2.05, 4.69) is 24.1 Å². The van der Waals surface area contributed by atoms with Crippen molar-refractivity contribution in [3.63, 3.8) is 0 Å². The molecule has 0 radical (unpaired) electrons. The SMILES string of the molecule is CCN(CC)CCSCC(=O)N[C@@H](C(=O)O)c1ccccc1. The predicted octanol–water partition coefficient (Wildman–Crippen LogP) is 2.00. The quantitative estimate of drug-likeness (QED) is 0.644. The summed E-state index contributed by atoms with van der Waals surface area (Å²) in [4.78, 5) is 25.5. The van der Waals surface area contributed by atoms with Crippen molar-refractivity contribution < 1.29 is 14.7 Å². The van der Waals surface area contributed by atoms with Gasteiger partial charge in [0, 0.05) is 12.3 Å². The molecule has 1 aromatic rings. The highest BCUT2D eigenvalue weighted by Crippen LogP contribution is 2.13. The smallest absolute Gasteiger partial charge is 0.330 e. The highest BCUT2D eigenvalue weighted by molar-refractivity contribution is 7.99. The van der Waals surface area contributed by atoms with Crippen LogP contribution in [0.3, 0.4) is 0 Å². The van der Waals surface area contributed by atoms with Crippen LogP contribution in [0.25, 0.3) is 0 Å². The zero-order valence-electron chi connectivity index (χ0n) is 13.1. The number of hydrogen-bond acceptors (Lipinski definition) is 4. The van der Waals surface area contributed by atoms with Gasteiger partial charge in [0.05, 0.1) is 5.75 Å². The first-order valence-corrected chi connectivity index (χ1v) is 8.61. The van der Waals surface area contributed by atoms with Crippen molar-refractivity contribution in [1.82, 2.24) is 10.2 Å². The van der Waals surface area contributed by atoms with Gasteiger partial charge in [-0.2, -0.15) is 11.8 Å². The maximum atomic E-state index is 11.9. The van der Waals surface area contributed by atoms with Crippen LogP contribution in [0, 0.1) is 0 Å². The van der Waals surface area contributed by atoms with Crippen LogP contribution < -0.4 is 5.32 Å². The fourth-order valence-corrected chi connectivity index (χ4v) is 2.83. The summed E-state index contributed by atoms with van der Waals surface area (Å²) >= 11 is 1.52. The average molecular weight is 324 g/mol. The number of carboxylic acids is 1. The summed E-state index contributed by atoms with van der Waals surface area (Å²) in [5.74, 6) is -0.163. The topological polar surface area (TPSA) is 69.6 Å². The van der Waals surface area contributed by atoms with E-state index >= 15 is 0 Å². The number of hydrogen-bond donors (Lipinski definition) is 2. The van der Waals surface area contributed by atoms with Gasteiger partial charge in [0.2, 0.25) is 5.91 Å². The van der Waals surface area contributed by atoms with Gasteiger partial charge in [-0.05, 0) is 18.7 Å². The molecular formula is C16H24N2O3S. The molecule has 0 fully saturated rings. The summed E-state index contributed by atoms with van der Waals surface area (Å²) in [6, 6.07) is 7.75. The lowest BCUT2D eigenvalue weighted by atomic mass is 10.1. The molecule has 0 aliphatic carbocycles. The van der Waals surface area contributed by atoms with E-state index in [1.165, 1.54) is 11.8 Å². The van der Waals surface area contributed by atoms with Crippen molar-refractivity contribution in [2.24, 2.45) is 0 Å². The Kier molecular flexibility index (Phi) is 8.62. The zero-order valence-corrected chi connectivity index (χ0v) is 13.9. The van der Waals surface area contributed by atoms with Gasteiger partial charge >= 0.3 is 5.97 Å². The van der Waals surface area contributed by atoms with Gasteiger partial charge in [-0.15, -0.1) is 0 Å². The number of rotatable bonds is 10. The van der Waals surface area contributed by atoms with Gasteiger partial charge in [-0.1, -0.05) is 44.2 Å². The molecule has 0 saturated heterocycles. The lowest BCUT2D eigenvalue weighted by molar-refractivity contribution is -0.141. The Morgan fingerprint density at radius 2 is 1.86 bits per heavy atom. The summed E-state index contributed by atoms with van der Waals surface area (Å²) in [5.41, 5.74) is 0.580. The fraction of sp³-hybridized carbons (Fsp3) is 0.500. The molecule has 0 saturated carbocycles. The minimum atomic E-state index is -1.05. The first-order chi connectivity index (χ1) is 10.6. The normalized spacial score (nSPS) is 12.1. The Morgan fingerprint density at radius 1 is 1.23 bits per heavy atom. The van der Waals surface area contributed by atoms with Crippen molar-refractivity contribution in [3.05, 3.63) is 35.9 Å². The highest BCUT2D eigenvalue weighted by atomic mass is 32.2. The largest absolute Gasteiger partial charge is 0.479 e. The van der Waals surface area contributed by atoms with Crippen molar-refractivity contribution >= 4 is 23.6 Å². The van der Waals surface area contributed by atoms with E-state index in [-0.39, 0.29) is 11.7 Å². The standard InChI is InChI=1S/C16H24N2O3S/c1-3-18(4-2)10-11-22-12-14(19)17-15(16(20)21)13-8-6-5-7-9-13/h5-9,15H,3-4,10-12H2,1-2H3,(H,17,19)(H,20,21)/t15-/m1/s1. The van der Waals surface area contributed by atoms with Crippen molar-refractivity contribution in [2.75, 3.05) is 31.1 Å². The Balaban J connectivity index is 2.40. The molecule has 0 aromatic heterocycles. The third-order valence-electron chi connectivity index (χ3n) is 3.36. The molecule has 122 valence electrons. The molecule has 1 rings (SSSR count). The minimum absolute atomic E-state index is 0.249. The average Bonchev–Trinajstić information content (AvgIpc) is 2.53. The first-order valence-electron chi connectivity index (χ1n) is 7.45. The number of aliphatic carboxylic acids is 1. The lowest BCUT2D eigenvalue weighted by Gasteiger charge is -2.18. The molecule has 1 amide bonds. The Morgan fingerprint density at radius 3 is 2.41 bits per heavy atom. The summed E-state index contributed by atoms with van der Waals surface area (Å²) < 4.78 is 0. The molecule has 5 nitrogen and oxygen atoms in total. The number of carbonyl (C=O) groups is 2. The van der Waals surface area contributed by atoms with Crippen LogP contribution in [0.15, 0.2) is 30.3 Å². The Labute approximate surface area is 136 Å². The van der Waals surface area contributed by atoms with Gasteiger partial charge in [0.1, 0.15) is 0 Å². The van der Waals surface area contributed by atoms with Crippen LogP contribution in [-0.2, 0) is 9.59 Å². The molecule has 6 heteroatoms. The van der Waals surface area contributed by atoms with Crippen LogP contribution >= 0.6 is 11.8 Å². The summed E-state index contributed by atoms with van der Waals surface area (Å²) in [5, 5.41) is 11.8. The molecule has 2 N–H and O–H groups in total. The second kappa shape index (κ2) is 10.2. The molecule has 0 heterocycles. The lowest BCUT2D eigenvalue weighted by Crippen LogP contribution is -2.35. The number of carboxylic acid groups (broad SMARTS) is 1. The summed E-state index contributed by atoms with van der Waals surface area (Å²) in [6.07, 6.45) is 0. The molecular weight excluding hydrogens is 300 g/mol. The van der Waals surface area contributed by atoms with Gasteiger partial charge in [-0.25, -0.2) is 4.79 Å². The van der Waals surface area contributed by atoms with Crippen molar-refractivity contribution in [2.45, 2.75) is 19.9 Å². The summed E-state index contributed by atoms with van der Waals surface area (Å²) in [7, 11) is 0. The third-order valence-corrected chi connectivity index (χ3v) is 4.30. The number of nitrogens with zero attached hydrogens (tertiary/aromatic N) is 1. The van der Waals surface area contributed by atoms with Crippen LogP contribution in [0.4, 0.5) is 0 Å². The first kappa shape index (κ1) is 18.5. The van der Waals surface area contributed by atoms with E-state index in [1.54, 1.807) is 24.3 Å². The summed E-state index contributed by atoms with van der Waals surface area (Å²) in [6.45, 7) is 7.15. The molecule has 0 unspecified atom stereocenters. The fourth-order valence-electron chi connectivity index (χ4n) is 2.03. The van der Waals surface area contributed by atoms with E-state index in [9.17, 15) is 14.7 Å². The van der Waals surface area contributed by atoms with Crippen molar-refractivity contribution in [1.29, 1.82) is 0 Å². The van der Waals surface area contributed by atoms with Gasteiger partial charge < -0.3 is 15.3 Å². The van der Waals surface area contributed by atoms with Gasteiger partial charge in [0.15, 0.2) is 6.04 Å². The van der Waals surface area contributed by atoms with Gasteiger partial charge in [-0.3, -0.25) is 4.79 Å². The number of amides is 1. The predicted molar refractivity (Wildman–Crippen MR) is 90.1 cm³/mol. The molecule has 1 atom stereocenters. The van der Waals surface area contributed by atoms with Gasteiger partial charge in [0.25, 0.3) is 0 Å². The van der Waals surface area contributed by atoms with Crippen LogP contribution in [-0.4, -0.2) is 53.0 Å². The number of carbonyl (C=O) groups excluding carboxylic acids is 1. The number of benzene rings is 1.